The van der Waals surface area contributed by atoms with Crippen LogP contribution in [0.3, 0.4) is 0 Å². The summed E-state index contributed by atoms with van der Waals surface area (Å²) >= 11 is 5.85. The molecule has 1 unspecified atom stereocenters. The molecule has 0 saturated carbocycles. The van der Waals surface area contributed by atoms with Gasteiger partial charge in [-0.15, -0.1) is 0 Å². The monoisotopic (exact) mass is 210 g/mol. The molecular weight excluding hydrogens is 196 g/mol. The van der Waals surface area contributed by atoms with Crippen molar-refractivity contribution in [1.29, 1.82) is 0 Å². The Kier molecular flexibility index (Phi) is 2.75. The third kappa shape index (κ3) is 1.91. The molecule has 2 rings (SSSR count). The first-order valence-electron chi connectivity index (χ1n) is 5.08. The zero-order chi connectivity index (χ0) is 10.1. The third-order valence-electron chi connectivity index (χ3n) is 2.56. The summed E-state index contributed by atoms with van der Waals surface area (Å²) in [4.78, 5) is 4.34. The zero-order valence-electron chi connectivity index (χ0n) is 8.55. The molecule has 14 heavy (non-hydrogen) atoms. The molecule has 0 amide bonds. The molecule has 0 aliphatic heterocycles. The van der Waals surface area contributed by atoms with Gasteiger partial charge in [-0.3, -0.25) is 0 Å². The molecule has 1 N–H and O–H groups in total. The van der Waals surface area contributed by atoms with E-state index in [1.807, 2.05) is 6.07 Å². The van der Waals surface area contributed by atoms with Crippen LogP contribution in [0, 0.1) is 0 Å². The van der Waals surface area contributed by atoms with E-state index < -0.39 is 0 Å². The predicted molar refractivity (Wildman–Crippen MR) is 58.6 cm³/mol. The minimum absolute atomic E-state index is 0.467. The second-order valence-electron chi connectivity index (χ2n) is 4.08. The van der Waals surface area contributed by atoms with Gasteiger partial charge in [-0.25, -0.2) is 4.98 Å². The van der Waals surface area contributed by atoms with E-state index in [0.29, 0.717) is 17.2 Å². The summed E-state index contributed by atoms with van der Waals surface area (Å²) in [6.45, 7) is 4.34. The van der Waals surface area contributed by atoms with Gasteiger partial charge in [0.05, 0.1) is 0 Å². The van der Waals surface area contributed by atoms with Crippen LogP contribution in [0.5, 0.6) is 0 Å². The van der Waals surface area contributed by atoms with Crippen molar-refractivity contribution in [2.75, 3.05) is 0 Å². The highest BCUT2D eigenvalue weighted by atomic mass is 35.5. The van der Waals surface area contributed by atoms with E-state index in [9.17, 15) is 0 Å². The average molecular weight is 211 g/mol. The van der Waals surface area contributed by atoms with Crippen LogP contribution in [0.1, 0.15) is 37.6 Å². The van der Waals surface area contributed by atoms with Crippen molar-refractivity contribution in [3.63, 3.8) is 0 Å². The van der Waals surface area contributed by atoms with Gasteiger partial charge in [0.1, 0.15) is 5.15 Å². The second kappa shape index (κ2) is 3.87. The molecule has 0 radical (unpaired) electrons. The molecule has 0 bridgehead atoms. The molecule has 1 aromatic heterocycles. The third-order valence-corrected chi connectivity index (χ3v) is 2.77. The Balaban J connectivity index is 2.22. The van der Waals surface area contributed by atoms with Crippen LogP contribution in [-0.4, -0.2) is 11.0 Å². The maximum Gasteiger partial charge on any atom is 0.129 e. The van der Waals surface area contributed by atoms with Crippen LogP contribution < -0.4 is 5.32 Å². The minimum Gasteiger partial charge on any atom is -0.308 e. The number of aryl methyl sites for hydroxylation is 1. The molecule has 0 saturated heterocycles. The van der Waals surface area contributed by atoms with Crippen LogP contribution in [0.25, 0.3) is 0 Å². The van der Waals surface area contributed by atoms with Gasteiger partial charge in [-0.05, 0) is 24.5 Å². The molecule has 0 aromatic carbocycles. The smallest absolute Gasteiger partial charge is 0.129 e. The number of pyridine rings is 1. The number of hydrogen-bond donors (Lipinski definition) is 1. The summed E-state index contributed by atoms with van der Waals surface area (Å²) in [5.41, 5.74) is 2.48. The van der Waals surface area contributed by atoms with E-state index in [2.05, 4.69) is 30.2 Å². The quantitative estimate of drug-likeness (QED) is 0.760. The van der Waals surface area contributed by atoms with Gasteiger partial charge in [-0.2, -0.15) is 0 Å². The number of aromatic nitrogens is 1. The highest BCUT2D eigenvalue weighted by molar-refractivity contribution is 6.29. The maximum atomic E-state index is 5.85. The van der Waals surface area contributed by atoms with E-state index >= 15 is 0 Å². The molecule has 1 aromatic rings. The minimum atomic E-state index is 0.467. The topological polar surface area (TPSA) is 24.9 Å². The summed E-state index contributed by atoms with van der Waals surface area (Å²) in [5, 5.41) is 4.14. The fourth-order valence-corrected chi connectivity index (χ4v) is 2.18. The van der Waals surface area contributed by atoms with Crippen molar-refractivity contribution in [3.05, 3.63) is 28.5 Å². The largest absolute Gasteiger partial charge is 0.308 e. The lowest BCUT2D eigenvalue weighted by atomic mass is 10.1. The second-order valence-corrected chi connectivity index (χ2v) is 4.47. The SMILES string of the molecule is CC(C)NC1CCc2nc(Cl)ccc21. The number of halogens is 1. The van der Waals surface area contributed by atoms with E-state index in [1.165, 1.54) is 5.56 Å². The highest BCUT2D eigenvalue weighted by Crippen LogP contribution is 2.30. The lowest BCUT2D eigenvalue weighted by Gasteiger charge is -2.16. The van der Waals surface area contributed by atoms with Gasteiger partial charge >= 0.3 is 0 Å². The summed E-state index contributed by atoms with van der Waals surface area (Å²) in [5.74, 6) is 0. The zero-order valence-corrected chi connectivity index (χ0v) is 9.30. The normalized spacial score (nSPS) is 20.1. The Hall–Kier alpha value is -0.600. The van der Waals surface area contributed by atoms with Gasteiger partial charge in [0.2, 0.25) is 0 Å². The summed E-state index contributed by atoms with van der Waals surface area (Å²) in [7, 11) is 0. The molecular formula is C11H15ClN2. The van der Waals surface area contributed by atoms with Crippen molar-refractivity contribution in [2.24, 2.45) is 0 Å². The maximum absolute atomic E-state index is 5.85. The first-order valence-corrected chi connectivity index (χ1v) is 5.46. The fourth-order valence-electron chi connectivity index (χ4n) is 2.02. The molecule has 1 atom stereocenters. The molecule has 1 aliphatic carbocycles. The summed E-state index contributed by atoms with van der Waals surface area (Å²) in [6, 6.07) is 4.95. The molecule has 0 spiro atoms. The van der Waals surface area contributed by atoms with E-state index in [0.717, 1.165) is 18.5 Å². The van der Waals surface area contributed by atoms with E-state index in [4.69, 9.17) is 11.6 Å². The Labute approximate surface area is 89.7 Å². The lowest BCUT2D eigenvalue weighted by molar-refractivity contribution is 0.475. The molecule has 3 heteroatoms. The van der Waals surface area contributed by atoms with E-state index in [1.54, 1.807) is 0 Å². The van der Waals surface area contributed by atoms with Gasteiger partial charge < -0.3 is 5.32 Å². The number of rotatable bonds is 2. The molecule has 1 aliphatic rings. The Morgan fingerprint density at radius 3 is 3.00 bits per heavy atom. The van der Waals surface area contributed by atoms with Crippen molar-refractivity contribution in [2.45, 2.75) is 38.8 Å². The first-order chi connectivity index (χ1) is 6.66. The van der Waals surface area contributed by atoms with Crippen LogP contribution in [0.15, 0.2) is 12.1 Å². The van der Waals surface area contributed by atoms with Crippen molar-refractivity contribution < 1.29 is 0 Å². The Morgan fingerprint density at radius 1 is 1.50 bits per heavy atom. The van der Waals surface area contributed by atoms with Crippen LogP contribution >= 0.6 is 11.6 Å². The summed E-state index contributed by atoms with van der Waals surface area (Å²) < 4.78 is 0. The van der Waals surface area contributed by atoms with Crippen molar-refractivity contribution >= 4 is 11.6 Å². The number of nitrogens with zero attached hydrogens (tertiary/aromatic N) is 1. The Morgan fingerprint density at radius 2 is 2.29 bits per heavy atom. The van der Waals surface area contributed by atoms with Gasteiger partial charge in [0.25, 0.3) is 0 Å². The van der Waals surface area contributed by atoms with Crippen LogP contribution in [-0.2, 0) is 6.42 Å². The van der Waals surface area contributed by atoms with Crippen molar-refractivity contribution in [1.82, 2.24) is 10.3 Å². The molecule has 2 nitrogen and oxygen atoms in total. The van der Waals surface area contributed by atoms with Crippen molar-refractivity contribution in [3.8, 4) is 0 Å². The number of hydrogen-bond acceptors (Lipinski definition) is 2. The average Bonchev–Trinajstić information content (AvgIpc) is 2.47. The Bertz CT molecular complexity index is 336. The van der Waals surface area contributed by atoms with Crippen LogP contribution in [0.2, 0.25) is 5.15 Å². The number of nitrogens with one attached hydrogen (secondary N) is 1. The standard InChI is InChI=1S/C11H15ClN2/c1-7(2)13-9-4-5-10-8(9)3-6-11(12)14-10/h3,6-7,9,13H,4-5H2,1-2H3. The fraction of sp³-hybridized carbons (Fsp3) is 0.545. The van der Waals surface area contributed by atoms with Crippen LogP contribution in [0.4, 0.5) is 0 Å². The number of fused-ring (bicyclic) bond motifs is 1. The first kappa shape index (κ1) is 9.94. The highest BCUT2D eigenvalue weighted by Gasteiger charge is 2.23. The molecule has 1 heterocycles. The molecule has 0 fully saturated rings. The van der Waals surface area contributed by atoms with E-state index in [-0.39, 0.29) is 0 Å². The predicted octanol–water partition coefficient (Wildman–Crippen LogP) is 2.72. The van der Waals surface area contributed by atoms with Gasteiger partial charge in [0, 0.05) is 17.8 Å². The van der Waals surface area contributed by atoms with Gasteiger partial charge in [0.15, 0.2) is 0 Å². The van der Waals surface area contributed by atoms with Gasteiger partial charge in [-0.1, -0.05) is 31.5 Å². The lowest BCUT2D eigenvalue weighted by Crippen LogP contribution is -2.26. The summed E-state index contributed by atoms with van der Waals surface area (Å²) in [6.07, 6.45) is 2.18. The molecule has 76 valence electrons.